The summed E-state index contributed by atoms with van der Waals surface area (Å²) < 4.78 is 5.63. The lowest BCUT2D eigenvalue weighted by molar-refractivity contribution is 0.00363. The van der Waals surface area contributed by atoms with E-state index in [2.05, 4.69) is 0 Å². The van der Waals surface area contributed by atoms with Crippen molar-refractivity contribution < 1.29 is 4.74 Å². The van der Waals surface area contributed by atoms with Gasteiger partial charge in [0, 0.05) is 12.0 Å². The van der Waals surface area contributed by atoms with E-state index in [4.69, 9.17) is 15.5 Å². The summed E-state index contributed by atoms with van der Waals surface area (Å²) in [6, 6.07) is 0. The smallest absolute Gasteiger partial charge is 0.116 e. The van der Waals surface area contributed by atoms with Gasteiger partial charge in [-0.15, -0.1) is 11.3 Å². The highest BCUT2D eigenvalue weighted by molar-refractivity contribution is 7.11. The Morgan fingerprint density at radius 1 is 1.28 bits per heavy atom. The van der Waals surface area contributed by atoms with Crippen molar-refractivity contribution >= 4 is 11.3 Å². The minimum absolute atomic E-state index is 0.138. The molecule has 0 aliphatic heterocycles. The van der Waals surface area contributed by atoms with Gasteiger partial charge in [0.1, 0.15) is 5.01 Å². The largest absolute Gasteiger partial charge is 0.379 e. The lowest BCUT2D eigenvalue weighted by atomic mass is 9.80. The van der Waals surface area contributed by atoms with Crippen molar-refractivity contribution in [2.24, 2.45) is 5.73 Å². The summed E-state index contributed by atoms with van der Waals surface area (Å²) in [6.07, 6.45) is 9.55. The standard InChI is InChI=1S/C14H22N2OS/c1-17-12-8-4-5-9-14(12,15)13-16-10-6-2-3-7-11(10)18-13/h12H,2-9,15H2,1H3. The average Bonchev–Trinajstić information content (AvgIpc) is 2.83. The van der Waals surface area contributed by atoms with Crippen LogP contribution in [0.25, 0.3) is 0 Å². The number of thiazole rings is 1. The van der Waals surface area contributed by atoms with Gasteiger partial charge in [0.05, 0.1) is 17.3 Å². The number of methoxy groups -OCH3 is 1. The number of nitrogens with zero attached hydrogens (tertiary/aromatic N) is 1. The van der Waals surface area contributed by atoms with Gasteiger partial charge in [0.2, 0.25) is 0 Å². The highest BCUT2D eigenvalue weighted by Crippen LogP contribution is 2.40. The molecule has 0 bridgehead atoms. The summed E-state index contributed by atoms with van der Waals surface area (Å²) in [4.78, 5) is 6.33. The Morgan fingerprint density at radius 3 is 2.89 bits per heavy atom. The van der Waals surface area contributed by atoms with Gasteiger partial charge in [-0.2, -0.15) is 0 Å². The third kappa shape index (κ3) is 2.00. The van der Waals surface area contributed by atoms with Crippen LogP contribution >= 0.6 is 11.3 Å². The van der Waals surface area contributed by atoms with Crippen LogP contribution in [0.4, 0.5) is 0 Å². The van der Waals surface area contributed by atoms with Crippen molar-refractivity contribution in [3.8, 4) is 0 Å². The molecule has 0 saturated heterocycles. The highest BCUT2D eigenvalue weighted by Gasteiger charge is 2.42. The maximum atomic E-state index is 6.67. The van der Waals surface area contributed by atoms with Crippen LogP contribution in [-0.4, -0.2) is 18.2 Å². The number of aryl methyl sites for hydroxylation is 2. The lowest BCUT2D eigenvalue weighted by Crippen LogP contribution is -2.50. The molecule has 2 aliphatic carbocycles. The van der Waals surface area contributed by atoms with Crippen LogP contribution in [0.1, 0.15) is 54.1 Å². The number of hydrogen-bond donors (Lipinski definition) is 1. The second-order valence-corrected chi connectivity index (χ2v) is 6.69. The van der Waals surface area contributed by atoms with E-state index in [9.17, 15) is 0 Å². The van der Waals surface area contributed by atoms with Gasteiger partial charge in [-0.1, -0.05) is 12.8 Å². The molecule has 2 aliphatic rings. The molecule has 1 aromatic rings. The quantitative estimate of drug-likeness (QED) is 0.895. The Bertz CT molecular complexity index is 408. The topological polar surface area (TPSA) is 48.1 Å². The third-order valence-electron chi connectivity index (χ3n) is 4.41. The van der Waals surface area contributed by atoms with E-state index in [0.717, 1.165) is 24.3 Å². The first-order chi connectivity index (χ1) is 8.74. The summed E-state index contributed by atoms with van der Waals surface area (Å²) >= 11 is 1.84. The van der Waals surface area contributed by atoms with Crippen molar-refractivity contribution in [3.63, 3.8) is 0 Å². The van der Waals surface area contributed by atoms with Crippen molar-refractivity contribution in [3.05, 3.63) is 15.6 Å². The first-order valence-electron chi connectivity index (χ1n) is 7.05. The predicted molar refractivity (Wildman–Crippen MR) is 73.9 cm³/mol. The Morgan fingerprint density at radius 2 is 2.11 bits per heavy atom. The molecule has 100 valence electrons. The molecule has 0 radical (unpaired) electrons. The van der Waals surface area contributed by atoms with E-state index in [-0.39, 0.29) is 11.6 Å². The normalized spacial score (nSPS) is 32.2. The van der Waals surface area contributed by atoms with Crippen LogP contribution in [0.15, 0.2) is 0 Å². The Labute approximate surface area is 113 Å². The average molecular weight is 266 g/mol. The van der Waals surface area contributed by atoms with E-state index in [0.29, 0.717) is 0 Å². The van der Waals surface area contributed by atoms with Gasteiger partial charge in [-0.05, 0) is 38.5 Å². The van der Waals surface area contributed by atoms with E-state index >= 15 is 0 Å². The molecule has 1 fully saturated rings. The molecular formula is C14H22N2OS. The molecule has 0 amide bonds. The number of hydrogen-bond acceptors (Lipinski definition) is 4. The van der Waals surface area contributed by atoms with Crippen LogP contribution in [0, 0.1) is 0 Å². The number of aromatic nitrogens is 1. The molecule has 0 spiro atoms. The van der Waals surface area contributed by atoms with Gasteiger partial charge in [0.25, 0.3) is 0 Å². The van der Waals surface area contributed by atoms with Crippen LogP contribution in [0.2, 0.25) is 0 Å². The summed E-state index contributed by atoms with van der Waals surface area (Å²) in [6.45, 7) is 0. The fourth-order valence-corrected chi connectivity index (χ4v) is 4.61. The van der Waals surface area contributed by atoms with Gasteiger partial charge >= 0.3 is 0 Å². The third-order valence-corrected chi connectivity index (χ3v) is 5.76. The van der Waals surface area contributed by atoms with E-state index in [1.807, 2.05) is 11.3 Å². The molecule has 3 rings (SSSR count). The van der Waals surface area contributed by atoms with Crippen LogP contribution in [0.5, 0.6) is 0 Å². The minimum Gasteiger partial charge on any atom is -0.379 e. The van der Waals surface area contributed by atoms with Gasteiger partial charge in [-0.25, -0.2) is 4.98 Å². The summed E-state index contributed by atoms with van der Waals surface area (Å²) in [5.74, 6) is 0. The molecule has 3 nitrogen and oxygen atoms in total. The Kier molecular flexibility index (Phi) is 3.43. The summed E-state index contributed by atoms with van der Waals surface area (Å²) in [5, 5.41) is 1.13. The zero-order valence-electron chi connectivity index (χ0n) is 11.1. The van der Waals surface area contributed by atoms with Gasteiger partial charge in [-0.3, -0.25) is 0 Å². The van der Waals surface area contributed by atoms with E-state index in [1.165, 1.54) is 42.7 Å². The zero-order valence-corrected chi connectivity index (χ0v) is 11.9. The second kappa shape index (κ2) is 4.91. The summed E-state index contributed by atoms with van der Waals surface area (Å²) in [7, 11) is 1.78. The molecule has 2 atom stereocenters. The maximum Gasteiger partial charge on any atom is 0.116 e. The molecule has 4 heteroatoms. The molecule has 0 aromatic carbocycles. The SMILES string of the molecule is COC1CCCCC1(N)c1nc2c(s1)CCCC2. The summed E-state index contributed by atoms with van der Waals surface area (Å²) in [5.41, 5.74) is 7.64. The Balaban J connectivity index is 1.94. The van der Waals surface area contributed by atoms with E-state index < -0.39 is 0 Å². The predicted octanol–water partition coefficient (Wildman–Crippen LogP) is 2.76. The van der Waals surface area contributed by atoms with Crippen molar-refractivity contribution in [1.82, 2.24) is 4.98 Å². The molecule has 2 unspecified atom stereocenters. The first kappa shape index (κ1) is 12.6. The molecule has 1 aromatic heterocycles. The number of nitrogens with two attached hydrogens (primary N) is 1. The molecule has 1 heterocycles. The van der Waals surface area contributed by atoms with Gasteiger partial charge in [0.15, 0.2) is 0 Å². The molecular weight excluding hydrogens is 244 g/mol. The highest BCUT2D eigenvalue weighted by atomic mass is 32.1. The van der Waals surface area contributed by atoms with E-state index in [1.54, 1.807) is 7.11 Å². The van der Waals surface area contributed by atoms with Crippen molar-refractivity contribution in [2.75, 3.05) is 7.11 Å². The number of ether oxygens (including phenoxy) is 1. The molecule has 2 N–H and O–H groups in total. The zero-order chi connectivity index (χ0) is 12.6. The fraction of sp³-hybridized carbons (Fsp3) is 0.786. The van der Waals surface area contributed by atoms with Crippen LogP contribution < -0.4 is 5.73 Å². The van der Waals surface area contributed by atoms with Crippen molar-refractivity contribution in [1.29, 1.82) is 0 Å². The first-order valence-corrected chi connectivity index (χ1v) is 7.86. The Hall–Kier alpha value is -0.450. The molecule has 18 heavy (non-hydrogen) atoms. The van der Waals surface area contributed by atoms with Crippen molar-refractivity contribution in [2.45, 2.75) is 63.0 Å². The van der Waals surface area contributed by atoms with Crippen LogP contribution in [-0.2, 0) is 23.1 Å². The number of fused-ring (bicyclic) bond motifs is 1. The number of rotatable bonds is 2. The minimum atomic E-state index is -0.338. The fourth-order valence-electron chi connectivity index (χ4n) is 3.29. The maximum absolute atomic E-state index is 6.67. The lowest BCUT2D eigenvalue weighted by Gasteiger charge is -2.38. The monoisotopic (exact) mass is 266 g/mol. The van der Waals surface area contributed by atoms with Crippen LogP contribution in [0.3, 0.4) is 0 Å². The second-order valence-electron chi connectivity index (χ2n) is 5.61. The van der Waals surface area contributed by atoms with Gasteiger partial charge < -0.3 is 10.5 Å². The molecule has 1 saturated carbocycles.